The van der Waals surface area contributed by atoms with E-state index in [4.69, 9.17) is 15.5 Å². The van der Waals surface area contributed by atoms with Gasteiger partial charge < -0.3 is 9.57 Å². The maximum absolute atomic E-state index is 12.8. The average molecular weight is 317 g/mol. The molecule has 5 nitrogen and oxygen atoms in total. The summed E-state index contributed by atoms with van der Waals surface area (Å²) in [5, 5.41) is 0. The van der Waals surface area contributed by atoms with Gasteiger partial charge in [0.25, 0.3) is 0 Å². The molecule has 124 valence electrons. The fourth-order valence-corrected chi connectivity index (χ4v) is 3.93. The second kappa shape index (κ2) is 6.42. The molecule has 3 rings (SSSR count). The summed E-state index contributed by atoms with van der Waals surface area (Å²) in [7, 11) is 0. The van der Waals surface area contributed by atoms with Crippen molar-refractivity contribution in [1.29, 1.82) is 0 Å². The van der Waals surface area contributed by atoms with Crippen LogP contribution in [0.1, 0.15) is 49.7 Å². The first-order valence-corrected chi connectivity index (χ1v) is 8.21. The average Bonchev–Trinajstić information content (AvgIpc) is 2.55. The van der Waals surface area contributed by atoms with Gasteiger partial charge in [0.1, 0.15) is 23.2 Å². The van der Waals surface area contributed by atoms with Crippen LogP contribution in [0.15, 0.2) is 18.2 Å². The number of rotatable bonds is 3. The molecule has 1 spiro atoms. The maximum Gasteiger partial charge on any atom is 0.148 e. The Morgan fingerprint density at radius 2 is 1.87 bits per heavy atom. The number of benzene rings is 1. The van der Waals surface area contributed by atoms with E-state index in [2.05, 4.69) is 0 Å². The van der Waals surface area contributed by atoms with Crippen molar-refractivity contribution in [3.05, 3.63) is 29.3 Å². The van der Waals surface area contributed by atoms with E-state index in [1.54, 1.807) is 6.07 Å². The number of Topliss-reactive ketones (excluding diaryl/α,β-unsaturated/α-hetero) is 2. The lowest BCUT2D eigenvalue weighted by Gasteiger charge is -2.41. The lowest BCUT2D eigenvalue weighted by Crippen LogP contribution is -2.42. The molecular formula is C18H23NO4. The zero-order valence-corrected chi connectivity index (χ0v) is 13.5. The predicted octanol–water partition coefficient (Wildman–Crippen LogP) is 2.31. The van der Waals surface area contributed by atoms with Crippen LogP contribution in [-0.4, -0.2) is 24.8 Å². The van der Waals surface area contributed by atoms with Crippen LogP contribution >= 0.6 is 0 Å². The summed E-state index contributed by atoms with van der Waals surface area (Å²) in [6.07, 6.45) is 3.29. The smallest absolute Gasteiger partial charge is 0.148 e. The van der Waals surface area contributed by atoms with Gasteiger partial charge >= 0.3 is 0 Å². The van der Waals surface area contributed by atoms with Crippen LogP contribution in [0.3, 0.4) is 0 Å². The van der Waals surface area contributed by atoms with Crippen molar-refractivity contribution in [3.63, 3.8) is 0 Å². The monoisotopic (exact) mass is 317 g/mol. The van der Waals surface area contributed by atoms with E-state index in [-0.39, 0.29) is 17.0 Å². The molecule has 0 amide bonds. The standard InChI is InChI=1S/C18H23NO4/c1-2-12-9-13(23-19)3-4-14(12)17-15(20)10-18(11-16(17)21)5-7-22-8-6-18/h3-4,9,17H,2,5-8,10-11,19H2,1H3. The molecule has 1 aromatic carbocycles. The molecule has 1 aliphatic carbocycles. The van der Waals surface area contributed by atoms with Crippen LogP contribution in [0.25, 0.3) is 0 Å². The number of ether oxygens (including phenoxy) is 1. The minimum absolute atomic E-state index is 0.0410. The Morgan fingerprint density at radius 1 is 1.22 bits per heavy atom. The summed E-state index contributed by atoms with van der Waals surface area (Å²) in [5.41, 5.74) is 1.59. The molecule has 1 aromatic rings. The van der Waals surface area contributed by atoms with Crippen LogP contribution in [0.2, 0.25) is 0 Å². The summed E-state index contributed by atoms with van der Waals surface area (Å²) < 4.78 is 5.39. The van der Waals surface area contributed by atoms with Gasteiger partial charge in [-0.25, -0.2) is 0 Å². The quantitative estimate of drug-likeness (QED) is 0.683. The maximum atomic E-state index is 12.8. The first kappa shape index (κ1) is 16.1. The van der Waals surface area contributed by atoms with Gasteiger partial charge in [-0.3, -0.25) is 9.59 Å². The molecule has 0 radical (unpaired) electrons. The van der Waals surface area contributed by atoms with Gasteiger partial charge in [0, 0.05) is 26.1 Å². The van der Waals surface area contributed by atoms with E-state index in [9.17, 15) is 9.59 Å². The van der Waals surface area contributed by atoms with Crippen molar-refractivity contribution in [2.45, 2.75) is 44.9 Å². The highest BCUT2D eigenvalue weighted by Gasteiger charge is 2.46. The van der Waals surface area contributed by atoms with E-state index in [1.807, 2.05) is 19.1 Å². The van der Waals surface area contributed by atoms with Crippen molar-refractivity contribution < 1.29 is 19.2 Å². The highest BCUT2D eigenvalue weighted by Crippen LogP contribution is 2.45. The van der Waals surface area contributed by atoms with Crippen molar-refractivity contribution in [3.8, 4) is 5.75 Å². The molecule has 5 heteroatoms. The Balaban J connectivity index is 1.89. The highest BCUT2D eigenvalue weighted by molar-refractivity contribution is 6.10. The van der Waals surface area contributed by atoms with Crippen LogP contribution in [0.5, 0.6) is 5.75 Å². The van der Waals surface area contributed by atoms with E-state index in [1.165, 1.54) is 0 Å². The van der Waals surface area contributed by atoms with Crippen LogP contribution in [0.4, 0.5) is 0 Å². The van der Waals surface area contributed by atoms with Gasteiger partial charge in [0.2, 0.25) is 0 Å². The summed E-state index contributed by atoms with van der Waals surface area (Å²) in [4.78, 5) is 30.3. The van der Waals surface area contributed by atoms with Crippen LogP contribution < -0.4 is 10.7 Å². The molecule has 0 bridgehead atoms. The number of carbonyl (C=O) groups excluding carboxylic acids is 2. The number of nitrogens with two attached hydrogens (primary N) is 1. The van der Waals surface area contributed by atoms with Gasteiger partial charge in [0.15, 0.2) is 0 Å². The fraction of sp³-hybridized carbons (Fsp3) is 0.556. The predicted molar refractivity (Wildman–Crippen MR) is 85.1 cm³/mol. The molecule has 2 N–H and O–H groups in total. The zero-order chi connectivity index (χ0) is 16.4. The Morgan fingerprint density at radius 3 is 2.43 bits per heavy atom. The van der Waals surface area contributed by atoms with E-state index >= 15 is 0 Å². The molecule has 0 atom stereocenters. The van der Waals surface area contributed by atoms with Crippen molar-refractivity contribution in [1.82, 2.24) is 0 Å². The second-order valence-corrected chi connectivity index (χ2v) is 6.66. The third kappa shape index (κ3) is 3.03. The largest absolute Gasteiger partial charge is 0.412 e. The Kier molecular flexibility index (Phi) is 4.50. The van der Waals surface area contributed by atoms with Gasteiger partial charge in [-0.1, -0.05) is 13.0 Å². The molecule has 1 saturated heterocycles. The van der Waals surface area contributed by atoms with E-state index in [0.717, 1.165) is 30.4 Å². The zero-order valence-electron chi connectivity index (χ0n) is 13.5. The summed E-state index contributed by atoms with van der Waals surface area (Å²) >= 11 is 0. The van der Waals surface area contributed by atoms with Gasteiger partial charge in [0.05, 0.1) is 0 Å². The fourth-order valence-electron chi connectivity index (χ4n) is 3.93. The molecular weight excluding hydrogens is 294 g/mol. The van der Waals surface area contributed by atoms with Gasteiger partial charge in [-0.2, -0.15) is 5.90 Å². The first-order chi connectivity index (χ1) is 11.1. The lowest BCUT2D eigenvalue weighted by molar-refractivity contribution is -0.139. The summed E-state index contributed by atoms with van der Waals surface area (Å²) in [6, 6.07) is 5.34. The number of aryl methyl sites for hydroxylation is 1. The Labute approximate surface area is 136 Å². The minimum atomic E-state index is -0.634. The van der Waals surface area contributed by atoms with Gasteiger partial charge in [-0.15, -0.1) is 0 Å². The first-order valence-electron chi connectivity index (χ1n) is 8.21. The van der Waals surface area contributed by atoms with Crippen molar-refractivity contribution in [2.24, 2.45) is 11.3 Å². The third-order valence-corrected chi connectivity index (χ3v) is 5.24. The van der Waals surface area contributed by atoms with Crippen molar-refractivity contribution >= 4 is 11.6 Å². The van der Waals surface area contributed by atoms with E-state index in [0.29, 0.717) is 31.8 Å². The molecule has 1 aliphatic heterocycles. The van der Waals surface area contributed by atoms with Crippen LogP contribution in [-0.2, 0) is 20.7 Å². The topological polar surface area (TPSA) is 78.6 Å². The summed E-state index contributed by atoms with van der Waals surface area (Å²) in [6.45, 7) is 3.29. The SMILES string of the molecule is CCc1cc(ON)ccc1C1C(=O)CC2(CCOCC2)CC1=O. The number of hydrogen-bond donors (Lipinski definition) is 1. The number of hydrogen-bond acceptors (Lipinski definition) is 5. The highest BCUT2D eigenvalue weighted by atomic mass is 16.6. The van der Waals surface area contributed by atoms with Crippen molar-refractivity contribution in [2.75, 3.05) is 13.2 Å². The molecule has 1 heterocycles. The molecule has 23 heavy (non-hydrogen) atoms. The second-order valence-electron chi connectivity index (χ2n) is 6.66. The molecule has 2 fully saturated rings. The molecule has 2 aliphatic rings. The number of ketones is 2. The normalized spacial score (nSPS) is 21.7. The molecule has 0 aromatic heterocycles. The minimum Gasteiger partial charge on any atom is -0.412 e. The molecule has 1 saturated carbocycles. The number of carbonyl (C=O) groups is 2. The van der Waals surface area contributed by atoms with Crippen LogP contribution in [0, 0.1) is 5.41 Å². The van der Waals surface area contributed by atoms with Gasteiger partial charge in [-0.05, 0) is 47.9 Å². The Hall–Kier alpha value is -1.72. The summed E-state index contributed by atoms with van der Waals surface area (Å²) in [5.74, 6) is 5.20. The Bertz CT molecular complexity index is 599. The lowest BCUT2D eigenvalue weighted by atomic mass is 9.63. The van der Waals surface area contributed by atoms with E-state index < -0.39 is 5.92 Å². The molecule has 0 unspecified atom stereocenters. The third-order valence-electron chi connectivity index (χ3n) is 5.24.